The van der Waals surface area contributed by atoms with Gasteiger partial charge in [0, 0.05) is 39.5 Å². The van der Waals surface area contributed by atoms with Crippen LogP contribution in [0.2, 0.25) is 0 Å². The van der Waals surface area contributed by atoms with E-state index >= 15 is 0 Å². The van der Waals surface area contributed by atoms with Crippen LogP contribution in [-0.4, -0.2) is 4.57 Å². The number of allylic oxidation sites excluding steroid dienone is 3. The van der Waals surface area contributed by atoms with Crippen LogP contribution in [0.1, 0.15) is 11.1 Å². The van der Waals surface area contributed by atoms with Crippen molar-refractivity contribution in [1.29, 1.82) is 0 Å². The highest BCUT2D eigenvalue weighted by molar-refractivity contribution is 6.25. The first-order chi connectivity index (χ1) is 23.2. The van der Waals surface area contributed by atoms with Crippen molar-refractivity contribution in [1.82, 2.24) is 4.57 Å². The lowest BCUT2D eigenvalue weighted by Gasteiger charge is -2.25. The second kappa shape index (κ2) is 10.8. The highest BCUT2D eigenvalue weighted by atomic mass is 16.6. The van der Waals surface area contributed by atoms with E-state index in [9.17, 15) is 0 Å². The summed E-state index contributed by atoms with van der Waals surface area (Å²) in [6.45, 7) is 0. The molecule has 0 atom stereocenters. The zero-order valence-electron chi connectivity index (χ0n) is 25.2. The average Bonchev–Trinajstić information content (AvgIpc) is 3.49. The number of para-hydroxylation sites is 1. The molecule has 1 aliphatic carbocycles. The molecule has 0 bridgehead atoms. The summed E-state index contributed by atoms with van der Waals surface area (Å²) in [5.41, 5.74) is 20.6. The van der Waals surface area contributed by atoms with E-state index in [4.69, 9.17) is 15.2 Å². The van der Waals surface area contributed by atoms with Gasteiger partial charge >= 0.3 is 0 Å². The Hall–Kier alpha value is -6.62. The van der Waals surface area contributed by atoms with Crippen molar-refractivity contribution in [2.24, 2.45) is 5.73 Å². The van der Waals surface area contributed by atoms with E-state index in [0.717, 1.165) is 66.2 Å². The van der Waals surface area contributed by atoms with Crippen LogP contribution in [0.15, 0.2) is 156 Å². The molecule has 0 fully saturated rings. The Morgan fingerprint density at radius 1 is 0.766 bits per heavy atom. The first-order valence-electron chi connectivity index (χ1n) is 15.5. The minimum atomic E-state index is 0.525. The number of fused-ring (bicyclic) bond motifs is 9. The number of ether oxygens (including phenoxy) is 2. The van der Waals surface area contributed by atoms with Crippen LogP contribution in [0.5, 0.6) is 11.5 Å². The summed E-state index contributed by atoms with van der Waals surface area (Å²) in [6.07, 6.45) is 6.39. The highest BCUT2D eigenvalue weighted by Gasteiger charge is 2.30. The minimum absolute atomic E-state index is 0.525. The van der Waals surface area contributed by atoms with Gasteiger partial charge in [-0.25, -0.2) is 0 Å². The molecule has 2 heterocycles. The fraction of sp³-hybridized carbons (Fsp3) is 0.0233. The molecule has 0 radical (unpaired) electrons. The number of nitrogens with zero attached hydrogens (tertiary/aromatic N) is 1. The number of aromatic nitrogens is 1. The van der Waals surface area contributed by atoms with E-state index in [0.29, 0.717) is 29.4 Å². The Morgan fingerprint density at radius 2 is 1.60 bits per heavy atom. The van der Waals surface area contributed by atoms with Gasteiger partial charge in [0.25, 0.3) is 0 Å². The molecular weight excluding hydrogens is 576 g/mol. The third-order valence-corrected chi connectivity index (χ3v) is 8.79. The molecule has 1 aromatic heterocycles. The summed E-state index contributed by atoms with van der Waals surface area (Å²) in [5, 5.41) is 4.37. The predicted molar refractivity (Wildman–Crippen MR) is 188 cm³/mol. The number of hydrogen-bond donors (Lipinski definition) is 1. The summed E-state index contributed by atoms with van der Waals surface area (Å²) in [7, 11) is 0. The van der Waals surface area contributed by atoms with Crippen LogP contribution in [-0.2, 0) is 6.42 Å². The maximum absolute atomic E-state index is 6.61. The predicted octanol–water partition coefficient (Wildman–Crippen LogP) is 9.61. The van der Waals surface area contributed by atoms with Gasteiger partial charge in [0.15, 0.2) is 17.3 Å². The molecule has 0 unspecified atom stereocenters. The van der Waals surface area contributed by atoms with Crippen molar-refractivity contribution in [3.63, 3.8) is 0 Å². The molecule has 4 heteroatoms. The van der Waals surface area contributed by atoms with Gasteiger partial charge in [0.05, 0.1) is 5.52 Å². The molecule has 0 saturated carbocycles. The second-order valence-electron chi connectivity index (χ2n) is 11.6. The van der Waals surface area contributed by atoms with Crippen LogP contribution in [0.25, 0.3) is 55.1 Å². The highest BCUT2D eigenvalue weighted by Crippen LogP contribution is 2.51. The van der Waals surface area contributed by atoms with Crippen molar-refractivity contribution in [2.45, 2.75) is 6.42 Å². The van der Waals surface area contributed by atoms with Crippen molar-refractivity contribution < 1.29 is 9.47 Å². The van der Waals surface area contributed by atoms with Crippen molar-refractivity contribution in [3.8, 4) is 28.3 Å². The van der Waals surface area contributed by atoms with E-state index in [2.05, 4.69) is 113 Å². The van der Waals surface area contributed by atoms with Crippen molar-refractivity contribution in [2.75, 3.05) is 0 Å². The molecule has 4 nitrogen and oxygen atoms in total. The fourth-order valence-electron chi connectivity index (χ4n) is 6.58. The largest absolute Gasteiger partial charge is 0.448 e. The second-order valence-corrected chi connectivity index (χ2v) is 11.6. The first-order valence-corrected chi connectivity index (χ1v) is 15.5. The van der Waals surface area contributed by atoms with Gasteiger partial charge in [-0.3, -0.25) is 0 Å². The third kappa shape index (κ3) is 4.44. The molecule has 220 valence electrons. The molecule has 7 aromatic rings. The van der Waals surface area contributed by atoms with Gasteiger partial charge in [0.1, 0.15) is 5.52 Å². The molecule has 9 rings (SSSR count). The van der Waals surface area contributed by atoms with Gasteiger partial charge in [-0.15, -0.1) is 0 Å². The Morgan fingerprint density at radius 3 is 2.45 bits per heavy atom. The van der Waals surface area contributed by atoms with E-state index in [1.807, 2.05) is 42.5 Å². The van der Waals surface area contributed by atoms with Gasteiger partial charge < -0.3 is 19.8 Å². The SMILES string of the molecule is N/C(=C\Cc1c#cccc1)c1cccc(-c2ccc(-n3c4ccccc4c4c5ccccc5c5c(c43)OC3=C=C=CC=C3O5)cc2)c1. The Labute approximate surface area is 271 Å². The number of nitrogens with two attached hydrogens (primary N) is 1. The first kappa shape index (κ1) is 26.8. The summed E-state index contributed by atoms with van der Waals surface area (Å²) >= 11 is 0. The maximum Gasteiger partial charge on any atom is 0.220 e. The summed E-state index contributed by atoms with van der Waals surface area (Å²) in [5.74, 6) is 2.52. The number of rotatable bonds is 5. The molecule has 6 aromatic carbocycles. The summed E-state index contributed by atoms with van der Waals surface area (Å²) < 4.78 is 15.4. The van der Waals surface area contributed by atoms with Gasteiger partial charge in [-0.2, -0.15) is 0 Å². The lowest BCUT2D eigenvalue weighted by atomic mass is 10.0. The van der Waals surface area contributed by atoms with Gasteiger partial charge in [-0.05, 0) is 76.4 Å². The van der Waals surface area contributed by atoms with Crippen LogP contribution >= 0.6 is 0 Å². The molecule has 2 N–H and O–H groups in total. The third-order valence-electron chi connectivity index (χ3n) is 8.79. The average molecular weight is 603 g/mol. The molecule has 2 aliphatic rings. The standard InChI is InChI=1S/C43H26N2O2/c44-36(26-21-28-11-2-1-3-12-28)31-14-10-13-30(27-31)29-22-24-32(25-23-29)45-37-18-7-6-17-35(37)40-33-15-4-5-16-34(33)42-43(41(40)45)47-39-20-9-8-19-38(39)46-42/h1-2,4-8,10-11,13-19,22-27H,21,44H2/b36-26-. The van der Waals surface area contributed by atoms with E-state index in [1.54, 1.807) is 6.08 Å². The normalized spacial score (nSPS) is 13.4. The van der Waals surface area contributed by atoms with Crippen LogP contribution < -0.4 is 15.2 Å². The quantitative estimate of drug-likeness (QED) is 0.200. The van der Waals surface area contributed by atoms with Crippen LogP contribution in [0.4, 0.5) is 0 Å². The smallest absolute Gasteiger partial charge is 0.220 e. The maximum atomic E-state index is 6.61. The van der Waals surface area contributed by atoms with Crippen LogP contribution in [0, 0.1) is 12.1 Å². The molecular formula is C43H26N2O2. The molecule has 0 saturated heterocycles. The lowest BCUT2D eigenvalue weighted by molar-refractivity contribution is 0.300. The molecule has 47 heavy (non-hydrogen) atoms. The Kier molecular flexibility index (Phi) is 6.13. The molecule has 1 aliphatic heterocycles. The topological polar surface area (TPSA) is 49.4 Å². The monoisotopic (exact) mass is 602 g/mol. The van der Waals surface area contributed by atoms with Crippen LogP contribution in [0.3, 0.4) is 0 Å². The van der Waals surface area contributed by atoms with E-state index in [1.165, 1.54) is 0 Å². The lowest BCUT2D eigenvalue weighted by Crippen LogP contribution is -2.13. The number of benzene rings is 5. The van der Waals surface area contributed by atoms with E-state index in [-0.39, 0.29) is 0 Å². The van der Waals surface area contributed by atoms with Gasteiger partial charge in [-0.1, -0.05) is 103 Å². The van der Waals surface area contributed by atoms with E-state index < -0.39 is 0 Å². The molecule has 0 spiro atoms. The van der Waals surface area contributed by atoms with Gasteiger partial charge in [0.2, 0.25) is 5.76 Å². The molecule has 0 amide bonds. The van der Waals surface area contributed by atoms with Crippen molar-refractivity contribution in [3.05, 3.63) is 180 Å². The zero-order valence-corrected chi connectivity index (χ0v) is 25.2. The summed E-state index contributed by atoms with van der Waals surface area (Å²) in [6, 6.07) is 45.8. The zero-order chi connectivity index (χ0) is 31.3. The fourth-order valence-corrected chi connectivity index (χ4v) is 6.58. The van der Waals surface area contributed by atoms with Crippen molar-refractivity contribution >= 4 is 38.3 Å². The number of hydrogen-bond acceptors (Lipinski definition) is 3. The Balaban J connectivity index is 1.18. The summed E-state index contributed by atoms with van der Waals surface area (Å²) in [4.78, 5) is 0. The Bertz CT molecular complexity index is 2560. The minimum Gasteiger partial charge on any atom is -0.448 e.